The Hall–Kier alpha value is -2.59. The third-order valence-electron chi connectivity index (χ3n) is 4.83. The van der Waals surface area contributed by atoms with Gasteiger partial charge in [0.05, 0.1) is 30.0 Å². The van der Waals surface area contributed by atoms with Crippen LogP contribution in [0.1, 0.15) is 31.0 Å². The number of carbonyl (C=O) groups is 1. The Labute approximate surface area is 184 Å². The van der Waals surface area contributed by atoms with E-state index in [-0.39, 0.29) is 10.6 Å². The number of sulfonamides is 1. The van der Waals surface area contributed by atoms with Gasteiger partial charge < -0.3 is 10.1 Å². The first-order chi connectivity index (χ1) is 14.3. The van der Waals surface area contributed by atoms with Crippen molar-refractivity contribution < 1.29 is 26.4 Å². The fraction of sp³-hybridized carbons (Fsp3) is 0.381. The van der Waals surface area contributed by atoms with Gasteiger partial charge in [-0.25, -0.2) is 16.8 Å². The maximum Gasteiger partial charge on any atom is 0.244 e. The zero-order chi connectivity index (χ0) is 23.6. The lowest BCUT2D eigenvalue weighted by Gasteiger charge is -2.30. The van der Waals surface area contributed by atoms with Crippen molar-refractivity contribution in [2.75, 3.05) is 23.9 Å². The van der Waals surface area contributed by atoms with E-state index >= 15 is 0 Å². The molecule has 0 aliphatic carbocycles. The molecular weight excluding hydrogens is 440 g/mol. The van der Waals surface area contributed by atoms with Crippen LogP contribution in [0.5, 0.6) is 5.75 Å². The number of carbonyl (C=O) groups excluding carboxylic acids is 1. The van der Waals surface area contributed by atoms with E-state index in [4.69, 9.17) is 4.74 Å². The number of methoxy groups -OCH3 is 1. The van der Waals surface area contributed by atoms with E-state index in [9.17, 15) is 21.6 Å². The van der Waals surface area contributed by atoms with Gasteiger partial charge in [0.2, 0.25) is 15.9 Å². The fourth-order valence-electron chi connectivity index (χ4n) is 3.17. The molecule has 2 rings (SSSR count). The minimum atomic E-state index is -3.81. The van der Waals surface area contributed by atoms with Gasteiger partial charge in [0, 0.05) is 6.26 Å². The summed E-state index contributed by atoms with van der Waals surface area (Å²) in [5.41, 5.74) is 1.78. The van der Waals surface area contributed by atoms with E-state index in [2.05, 4.69) is 5.32 Å². The molecule has 0 spiro atoms. The molecule has 0 bridgehead atoms. The molecule has 0 saturated carbocycles. The van der Waals surface area contributed by atoms with Crippen molar-refractivity contribution in [3.05, 3.63) is 53.6 Å². The lowest BCUT2D eigenvalue weighted by atomic mass is 10.1. The van der Waals surface area contributed by atoms with Crippen LogP contribution in [0.4, 0.5) is 5.69 Å². The first kappa shape index (κ1) is 24.7. The lowest BCUT2D eigenvalue weighted by molar-refractivity contribution is -0.122. The molecule has 0 radical (unpaired) electrons. The summed E-state index contributed by atoms with van der Waals surface area (Å²) >= 11 is 0. The van der Waals surface area contributed by atoms with Crippen molar-refractivity contribution in [3.8, 4) is 5.75 Å². The molecule has 0 aromatic heterocycles. The summed E-state index contributed by atoms with van der Waals surface area (Å²) in [5, 5.41) is 2.79. The quantitative estimate of drug-likeness (QED) is 0.637. The topological polar surface area (TPSA) is 110 Å². The molecule has 0 aliphatic rings. The molecule has 2 aromatic rings. The predicted molar refractivity (Wildman–Crippen MR) is 121 cm³/mol. The summed E-state index contributed by atoms with van der Waals surface area (Å²) in [4.78, 5) is 13.1. The highest BCUT2D eigenvalue weighted by Crippen LogP contribution is 2.32. The van der Waals surface area contributed by atoms with Crippen molar-refractivity contribution in [1.82, 2.24) is 5.32 Å². The van der Waals surface area contributed by atoms with Gasteiger partial charge in [-0.3, -0.25) is 9.10 Å². The minimum Gasteiger partial charge on any atom is -0.495 e. The fourth-order valence-corrected chi connectivity index (χ4v) is 4.97. The number of aryl methyl sites for hydroxylation is 1. The van der Waals surface area contributed by atoms with Gasteiger partial charge in [0.1, 0.15) is 11.8 Å². The van der Waals surface area contributed by atoms with Crippen LogP contribution in [-0.4, -0.2) is 48.4 Å². The minimum absolute atomic E-state index is 0.179. The van der Waals surface area contributed by atoms with E-state index in [1.165, 1.54) is 26.2 Å². The van der Waals surface area contributed by atoms with Crippen LogP contribution in [0.3, 0.4) is 0 Å². The summed E-state index contributed by atoms with van der Waals surface area (Å²) in [6.45, 7) is 5.05. The predicted octanol–water partition coefficient (Wildman–Crippen LogP) is 2.44. The third kappa shape index (κ3) is 5.98. The first-order valence-corrected chi connectivity index (χ1v) is 13.2. The second-order valence-electron chi connectivity index (χ2n) is 7.48. The van der Waals surface area contributed by atoms with Crippen molar-refractivity contribution in [1.29, 1.82) is 0 Å². The van der Waals surface area contributed by atoms with Crippen LogP contribution in [0, 0.1) is 6.92 Å². The van der Waals surface area contributed by atoms with E-state index in [1.807, 2.05) is 6.92 Å². The third-order valence-corrected chi connectivity index (χ3v) is 7.18. The number of nitrogens with one attached hydrogen (secondary N) is 1. The number of hydrogen-bond donors (Lipinski definition) is 1. The Morgan fingerprint density at radius 1 is 1.00 bits per heavy atom. The summed E-state index contributed by atoms with van der Waals surface area (Å²) in [5.74, 6) is -0.172. The van der Waals surface area contributed by atoms with Gasteiger partial charge in [-0.2, -0.15) is 0 Å². The Kier molecular flexibility index (Phi) is 7.38. The molecule has 2 atom stereocenters. The van der Waals surface area contributed by atoms with Gasteiger partial charge >= 0.3 is 0 Å². The van der Waals surface area contributed by atoms with Crippen LogP contribution < -0.4 is 14.4 Å². The van der Waals surface area contributed by atoms with Crippen LogP contribution in [0.15, 0.2) is 47.4 Å². The number of ether oxygens (including phenoxy) is 1. The second kappa shape index (κ2) is 9.27. The Morgan fingerprint density at radius 2 is 1.58 bits per heavy atom. The average molecular weight is 469 g/mol. The molecule has 0 fully saturated rings. The van der Waals surface area contributed by atoms with Gasteiger partial charge in [0.15, 0.2) is 9.84 Å². The van der Waals surface area contributed by atoms with E-state index < -0.39 is 37.9 Å². The molecule has 0 unspecified atom stereocenters. The summed E-state index contributed by atoms with van der Waals surface area (Å²) in [6.07, 6.45) is 2.15. The van der Waals surface area contributed by atoms with Gasteiger partial charge in [-0.05, 0) is 56.2 Å². The largest absolute Gasteiger partial charge is 0.495 e. The molecule has 0 aliphatic heterocycles. The Bertz CT molecular complexity index is 1160. The molecule has 8 nitrogen and oxygen atoms in total. The van der Waals surface area contributed by atoms with E-state index in [1.54, 1.807) is 37.3 Å². The number of benzene rings is 2. The Morgan fingerprint density at radius 3 is 2.06 bits per heavy atom. The van der Waals surface area contributed by atoms with Crippen LogP contribution in [0.25, 0.3) is 0 Å². The molecule has 31 heavy (non-hydrogen) atoms. The molecule has 0 heterocycles. The van der Waals surface area contributed by atoms with Gasteiger partial charge in [-0.15, -0.1) is 0 Å². The normalized spacial score (nSPS) is 13.9. The molecule has 170 valence electrons. The number of hydrogen-bond acceptors (Lipinski definition) is 6. The monoisotopic (exact) mass is 468 g/mol. The number of amides is 1. The first-order valence-electron chi connectivity index (χ1n) is 9.50. The highest BCUT2D eigenvalue weighted by Gasteiger charge is 2.32. The number of anilines is 1. The molecule has 10 heteroatoms. The maximum absolute atomic E-state index is 12.9. The molecule has 1 N–H and O–H groups in total. The number of sulfone groups is 1. The zero-order valence-electron chi connectivity index (χ0n) is 18.4. The number of nitrogens with zero attached hydrogens (tertiary/aromatic N) is 1. The smallest absolute Gasteiger partial charge is 0.244 e. The molecule has 1 amide bonds. The standard InChI is InChI=1S/C21H28N2O6S2/c1-14-7-12-20(29-4)19(13-14)23(31(6,27)28)16(3)21(24)22-15(2)17-8-10-18(11-9-17)30(5,25)26/h7-13,15-16H,1-6H3,(H,22,24)/t15-,16-/m0/s1. The van der Waals surface area contributed by atoms with Gasteiger partial charge in [-0.1, -0.05) is 18.2 Å². The van der Waals surface area contributed by atoms with Crippen molar-refractivity contribution >= 4 is 31.5 Å². The van der Waals surface area contributed by atoms with Gasteiger partial charge in [0.25, 0.3) is 0 Å². The van der Waals surface area contributed by atoms with E-state index in [0.29, 0.717) is 11.3 Å². The number of rotatable bonds is 8. The lowest BCUT2D eigenvalue weighted by Crippen LogP contribution is -2.48. The molecule has 0 saturated heterocycles. The van der Waals surface area contributed by atoms with E-state index in [0.717, 1.165) is 22.4 Å². The molecular formula is C21H28N2O6S2. The summed E-state index contributed by atoms with van der Waals surface area (Å²) in [6, 6.07) is 9.74. The molecule has 2 aromatic carbocycles. The summed E-state index contributed by atoms with van der Waals surface area (Å²) in [7, 11) is -5.70. The highest BCUT2D eigenvalue weighted by molar-refractivity contribution is 7.92. The average Bonchev–Trinajstić information content (AvgIpc) is 2.66. The SMILES string of the molecule is COc1ccc(C)cc1N([C@@H](C)C(=O)N[C@@H](C)c1ccc(S(C)(=O)=O)cc1)S(C)(=O)=O. The maximum atomic E-state index is 12.9. The van der Waals surface area contributed by atoms with Crippen molar-refractivity contribution in [3.63, 3.8) is 0 Å². The Balaban J connectivity index is 2.31. The van der Waals surface area contributed by atoms with Crippen LogP contribution in [-0.2, 0) is 24.7 Å². The van der Waals surface area contributed by atoms with Crippen molar-refractivity contribution in [2.45, 2.75) is 37.8 Å². The van der Waals surface area contributed by atoms with Crippen LogP contribution in [0.2, 0.25) is 0 Å². The second-order valence-corrected chi connectivity index (χ2v) is 11.4. The van der Waals surface area contributed by atoms with Crippen molar-refractivity contribution in [2.24, 2.45) is 0 Å². The highest BCUT2D eigenvalue weighted by atomic mass is 32.2. The van der Waals surface area contributed by atoms with Crippen LogP contribution >= 0.6 is 0 Å². The zero-order valence-corrected chi connectivity index (χ0v) is 20.0. The summed E-state index contributed by atoms with van der Waals surface area (Å²) < 4.78 is 54.7.